The summed E-state index contributed by atoms with van der Waals surface area (Å²) in [5.41, 5.74) is 2.28. The Morgan fingerprint density at radius 3 is 2.95 bits per heavy atom. The van der Waals surface area contributed by atoms with E-state index in [2.05, 4.69) is 21.4 Å². The Morgan fingerprint density at radius 1 is 1.47 bits per heavy atom. The number of benzene rings is 1. The lowest BCUT2D eigenvalue weighted by atomic mass is 10.1. The fraction of sp³-hybridized carbons (Fsp3) is 0.500. The van der Waals surface area contributed by atoms with Crippen LogP contribution >= 0.6 is 11.6 Å². The summed E-state index contributed by atoms with van der Waals surface area (Å²) in [6.07, 6.45) is 2.90. The molecule has 19 heavy (non-hydrogen) atoms. The van der Waals surface area contributed by atoms with E-state index in [1.165, 1.54) is 20.0 Å². The van der Waals surface area contributed by atoms with Crippen molar-refractivity contribution in [2.24, 2.45) is 0 Å². The summed E-state index contributed by atoms with van der Waals surface area (Å²) < 4.78 is 4.52. The number of ether oxygens (including phenoxy) is 1. The topological polar surface area (TPSA) is 50.4 Å². The van der Waals surface area contributed by atoms with Crippen molar-refractivity contribution in [1.82, 2.24) is 10.6 Å². The lowest BCUT2D eigenvalue weighted by molar-refractivity contribution is 0.171. The first kappa shape index (κ1) is 14.2. The molecule has 2 N–H and O–H groups in total. The lowest BCUT2D eigenvalue weighted by Crippen LogP contribution is -2.25. The number of carbonyl (C=O) groups excluding carboxylic acids is 1. The molecule has 0 aromatic heterocycles. The van der Waals surface area contributed by atoms with E-state index in [9.17, 15) is 4.79 Å². The third kappa shape index (κ3) is 4.73. The molecule has 0 radical (unpaired) electrons. The van der Waals surface area contributed by atoms with E-state index in [0.717, 1.165) is 29.1 Å². The van der Waals surface area contributed by atoms with Gasteiger partial charge in [0.1, 0.15) is 0 Å². The van der Waals surface area contributed by atoms with Crippen molar-refractivity contribution in [2.75, 3.05) is 13.7 Å². The largest absolute Gasteiger partial charge is 0.453 e. The molecule has 1 saturated carbocycles. The monoisotopic (exact) mass is 282 g/mol. The maximum atomic E-state index is 10.9. The summed E-state index contributed by atoms with van der Waals surface area (Å²) in [6, 6.07) is 6.66. The fourth-order valence-electron chi connectivity index (χ4n) is 1.84. The molecule has 0 aliphatic heterocycles. The van der Waals surface area contributed by atoms with E-state index in [-0.39, 0.29) is 0 Å². The van der Waals surface area contributed by atoms with Crippen LogP contribution in [-0.2, 0) is 17.7 Å². The van der Waals surface area contributed by atoms with Crippen LogP contribution in [0.2, 0.25) is 5.02 Å². The molecule has 1 aliphatic carbocycles. The van der Waals surface area contributed by atoms with Gasteiger partial charge in [0, 0.05) is 24.2 Å². The summed E-state index contributed by atoms with van der Waals surface area (Å²) in [5.74, 6) is 0. The average molecular weight is 283 g/mol. The smallest absolute Gasteiger partial charge is 0.406 e. The SMILES string of the molecule is COC(=O)NCCc1ccc(Cl)c(CNC2CC2)c1. The third-order valence-corrected chi connectivity index (χ3v) is 3.51. The molecular weight excluding hydrogens is 264 g/mol. The van der Waals surface area contributed by atoms with Crippen LogP contribution in [0.25, 0.3) is 0 Å². The summed E-state index contributed by atoms with van der Waals surface area (Å²) in [5, 5.41) is 6.91. The first-order chi connectivity index (χ1) is 9.19. The van der Waals surface area contributed by atoms with Gasteiger partial charge >= 0.3 is 6.09 Å². The number of hydrogen-bond donors (Lipinski definition) is 2. The van der Waals surface area contributed by atoms with Crippen molar-refractivity contribution in [3.05, 3.63) is 34.3 Å². The Hall–Kier alpha value is -1.26. The van der Waals surface area contributed by atoms with E-state index in [0.29, 0.717) is 12.6 Å². The molecule has 1 fully saturated rings. The molecule has 1 amide bonds. The number of methoxy groups -OCH3 is 1. The van der Waals surface area contributed by atoms with Gasteiger partial charge in [0.05, 0.1) is 7.11 Å². The minimum absolute atomic E-state index is 0.399. The Bertz CT molecular complexity index is 447. The lowest BCUT2D eigenvalue weighted by Gasteiger charge is -2.09. The van der Waals surface area contributed by atoms with Gasteiger partial charge in [0.25, 0.3) is 0 Å². The Labute approximate surface area is 118 Å². The van der Waals surface area contributed by atoms with Gasteiger partial charge in [-0.25, -0.2) is 4.79 Å². The molecule has 1 aromatic rings. The predicted octanol–water partition coefficient (Wildman–Crippen LogP) is 2.49. The number of amides is 1. The van der Waals surface area contributed by atoms with Gasteiger partial charge < -0.3 is 15.4 Å². The van der Waals surface area contributed by atoms with Gasteiger partial charge in [-0.05, 0) is 36.5 Å². The van der Waals surface area contributed by atoms with Crippen molar-refractivity contribution in [1.29, 1.82) is 0 Å². The van der Waals surface area contributed by atoms with Crippen LogP contribution in [0.1, 0.15) is 24.0 Å². The van der Waals surface area contributed by atoms with Crippen LogP contribution in [0.15, 0.2) is 18.2 Å². The number of halogens is 1. The molecule has 2 rings (SSSR count). The van der Waals surface area contributed by atoms with Crippen molar-refractivity contribution >= 4 is 17.7 Å². The first-order valence-electron chi connectivity index (χ1n) is 6.51. The summed E-state index contributed by atoms with van der Waals surface area (Å²) in [6.45, 7) is 1.37. The summed E-state index contributed by atoms with van der Waals surface area (Å²) in [4.78, 5) is 10.9. The van der Waals surface area contributed by atoms with Gasteiger partial charge in [0.15, 0.2) is 0 Å². The van der Waals surface area contributed by atoms with Crippen molar-refractivity contribution in [3.8, 4) is 0 Å². The molecule has 0 unspecified atom stereocenters. The minimum atomic E-state index is -0.399. The maximum Gasteiger partial charge on any atom is 0.406 e. The molecule has 1 aliphatic rings. The Balaban J connectivity index is 1.85. The normalized spacial score (nSPS) is 14.2. The standard InChI is InChI=1S/C14H19ClN2O2/c1-19-14(18)16-7-6-10-2-5-13(15)11(8-10)9-17-12-3-4-12/h2,5,8,12,17H,3-4,6-7,9H2,1H3,(H,16,18). The molecule has 0 spiro atoms. The van der Waals surface area contributed by atoms with Gasteiger partial charge in [-0.3, -0.25) is 0 Å². The number of rotatable bonds is 6. The quantitative estimate of drug-likeness (QED) is 0.843. The average Bonchev–Trinajstić information content (AvgIpc) is 3.23. The van der Waals surface area contributed by atoms with Crippen LogP contribution in [0, 0.1) is 0 Å². The molecule has 5 heteroatoms. The highest BCUT2D eigenvalue weighted by Gasteiger charge is 2.20. The van der Waals surface area contributed by atoms with Crippen molar-refractivity contribution in [3.63, 3.8) is 0 Å². The highest BCUT2D eigenvalue weighted by Crippen LogP contribution is 2.22. The zero-order valence-electron chi connectivity index (χ0n) is 11.0. The van der Waals surface area contributed by atoms with E-state index >= 15 is 0 Å². The molecule has 0 bridgehead atoms. The first-order valence-corrected chi connectivity index (χ1v) is 6.89. The molecular formula is C14H19ClN2O2. The van der Waals surface area contributed by atoms with Crippen LogP contribution < -0.4 is 10.6 Å². The van der Waals surface area contributed by atoms with Crippen LogP contribution in [-0.4, -0.2) is 25.8 Å². The summed E-state index contributed by atoms with van der Waals surface area (Å²) >= 11 is 6.18. The zero-order chi connectivity index (χ0) is 13.7. The second kappa shape index (κ2) is 6.78. The molecule has 0 heterocycles. The molecule has 1 aromatic carbocycles. The van der Waals surface area contributed by atoms with E-state index in [4.69, 9.17) is 11.6 Å². The second-order valence-corrected chi connectivity index (χ2v) is 5.16. The maximum absolute atomic E-state index is 10.9. The van der Waals surface area contributed by atoms with Crippen LogP contribution in [0.5, 0.6) is 0 Å². The predicted molar refractivity (Wildman–Crippen MR) is 75.4 cm³/mol. The number of alkyl carbamates (subject to hydrolysis) is 1. The van der Waals surface area contributed by atoms with Gasteiger partial charge in [-0.1, -0.05) is 23.7 Å². The zero-order valence-corrected chi connectivity index (χ0v) is 11.8. The van der Waals surface area contributed by atoms with E-state index in [1.807, 2.05) is 12.1 Å². The number of nitrogens with one attached hydrogen (secondary N) is 2. The Morgan fingerprint density at radius 2 is 2.26 bits per heavy atom. The van der Waals surface area contributed by atoms with Crippen LogP contribution in [0.4, 0.5) is 4.79 Å². The van der Waals surface area contributed by atoms with E-state index in [1.54, 1.807) is 0 Å². The molecule has 104 valence electrons. The molecule has 4 nitrogen and oxygen atoms in total. The van der Waals surface area contributed by atoms with Gasteiger partial charge in [0.2, 0.25) is 0 Å². The van der Waals surface area contributed by atoms with Crippen LogP contribution in [0.3, 0.4) is 0 Å². The fourth-order valence-corrected chi connectivity index (χ4v) is 2.03. The minimum Gasteiger partial charge on any atom is -0.453 e. The Kier molecular flexibility index (Phi) is 5.05. The van der Waals surface area contributed by atoms with Crippen molar-refractivity contribution < 1.29 is 9.53 Å². The highest BCUT2D eigenvalue weighted by atomic mass is 35.5. The highest BCUT2D eigenvalue weighted by molar-refractivity contribution is 6.31. The third-order valence-electron chi connectivity index (χ3n) is 3.14. The van der Waals surface area contributed by atoms with E-state index < -0.39 is 6.09 Å². The summed E-state index contributed by atoms with van der Waals surface area (Å²) in [7, 11) is 1.36. The molecule has 0 saturated heterocycles. The second-order valence-electron chi connectivity index (χ2n) is 4.75. The molecule has 0 atom stereocenters. The van der Waals surface area contributed by atoms with Gasteiger partial charge in [-0.15, -0.1) is 0 Å². The van der Waals surface area contributed by atoms with Crippen molar-refractivity contribution in [2.45, 2.75) is 31.8 Å². The number of hydrogen-bond acceptors (Lipinski definition) is 3. The number of carbonyl (C=O) groups is 1. The van der Waals surface area contributed by atoms with Gasteiger partial charge in [-0.2, -0.15) is 0 Å².